The van der Waals surface area contributed by atoms with Gasteiger partial charge in [0.15, 0.2) is 0 Å². The normalized spacial score (nSPS) is 40.6. The average Bonchev–Trinajstić information content (AvgIpc) is 2.38. The Balaban J connectivity index is 2.29. The van der Waals surface area contributed by atoms with Gasteiger partial charge in [0.05, 0.1) is 19.3 Å². The zero-order valence-corrected chi connectivity index (χ0v) is 8.84. The Morgan fingerprint density at radius 3 is 2.87 bits per heavy atom. The van der Waals surface area contributed by atoms with Crippen molar-refractivity contribution in [3.8, 4) is 0 Å². The molecule has 15 heavy (non-hydrogen) atoms. The molecule has 0 aromatic heterocycles. The van der Waals surface area contributed by atoms with Gasteiger partial charge in [-0.25, -0.2) is 0 Å². The quantitative estimate of drug-likeness (QED) is 0.455. The number of aliphatic hydroxyl groups excluding tert-OH is 1. The van der Waals surface area contributed by atoms with Gasteiger partial charge >= 0.3 is 5.97 Å². The molecule has 2 unspecified atom stereocenters. The van der Waals surface area contributed by atoms with Crippen molar-refractivity contribution in [1.29, 1.82) is 0 Å². The van der Waals surface area contributed by atoms with Crippen LogP contribution in [-0.2, 0) is 14.3 Å². The number of fused-ring (bicyclic) bond motifs is 2. The fourth-order valence-electron chi connectivity index (χ4n) is 2.73. The Hall–Kier alpha value is -0.940. The summed E-state index contributed by atoms with van der Waals surface area (Å²) < 4.78 is 4.61. The smallest absolute Gasteiger partial charge is 0.317 e. The number of rotatable bonds is 1. The Bertz CT molecular complexity index is 304. The maximum absolute atomic E-state index is 11.7. The first kappa shape index (κ1) is 10.6. The van der Waals surface area contributed by atoms with E-state index >= 15 is 0 Å². The number of carbonyl (C=O) groups is 2. The molecule has 2 aliphatic heterocycles. The van der Waals surface area contributed by atoms with Crippen LogP contribution in [0.4, 0.5) is 0 Å². The molecule has 2 saturated heterocycles. The van der Waals surface area contributed by atoms with Crippen LogP contribution in [0.3, 0.4) is 0 Å². The van der Waals surface area contributed by atoms with Crippen LogP contribution in [0, 0.1) is 5.92 Å². The van der Waals surface area contributed by atoms with E-state index in [1.54, 1.807) is 0 Å². The zero-order valence-electron chi connectivity index (χ0n) is 8.84. The lowest BCUT2D eigenvalue weighted by atomic mass is 9.89. The molecule has 2 fully saturated rings. The van der Waals surface area contributed by atoms with E-state index in [0.717, 1.165) is 0 Å². The maximum Gasteiger partial charge on any atom is 0.317 e. The summed E-state index contributed by atoms with van der Waals surface area (Å²) in [5, 5.41) is 9.80. The van der Waals surface area contributed by atoms with Crippen LogP contribution in [-0.4, -0.2) is 54.1 Å². The number of Topliss-reactive ketones (excluding diaryl/α,β-unsaturated/α-hetero) is 1. The summed E-state index contributed by atoms with van der Waals surface area (Å²) in [4.78, 5) is 25.1. The molecular weight excluding hydrogens is 198 g/mol. The first-order chi connectivity index (χ1) is 7.06. The minimum Gasteiger partial charge on any atom is -0.468 e. The van der Waals surface area contributed by atoms with Gasteiger partial charge in [-0.2, -0.15) is 0 Å². The third-order valence-corrected chi connectivity index (χ3v) is 3.53. The number of aliphatic hydroxyl groups is 1. The van der Waals surface area contributed by atoms with Gasteiger partial charge < -0.3 is 9.84 Å². The summed E-state index contributed by atoms with van der Waals surface area (Å²) in [5.74, 6) is -1.45. The van der Waals surface area contributed by atoms with Crippen molar-refractivity contribution in [1.82, 2.24) is 4.90 Å². The lowest BCUT2D eigenvalue weighted by Gasteiger charge is -2.35. The number of hydrogen-bond donors (Lipinski definition) is 1. The molecule has 0 radical (unpaired) electrons. The standard InChI is InChI=1S/C10H15NO4/c1-11-5-3-6(12)8(10(14)15-2)9(11)7(13)4-5/h5,7-9,13H,3-4H2,1-2H3/t5?,7-,8+,9?/m1/s1. The van der Waals surface area contributed by atoms with Crippen LogP contribution in [0.5, 0.6) is 0 Å². The number of ketones is 1. The fourth-order valence-corrected chi connectivity index (χ4v) is 2.73. The largest absolute Gasteiger partial charge is 0.468 e. The van der Waals surface area contributed by atoms with Crippen molar-refractivity contribution in [3.05, 3.63) is 0 Å². The van der Waals surface area contributed by atoms with E-state index < -0.39 is 24.0 Å². The molecule has 0 aromatic carbocycles. The van der Waals surface area contributed by atoms with E-state index in [1.165, 1.54) is 7.11 Å². The van der Waals surface area contributed by atoms with E-state index in [4.69, 9.17) is 0 Å². The molecule has 2 aliphatic rings. The molecule has 0 spiro atoms. The van der Waals surface area contributed by atoms with Crippen LogP contribution in [0.1, 0.15) is 12.8 Å². The Labute approximate surface area is 88.0 Å². The summed E-state index contributed by atoms with van der Waals surface area (Å²) in [6, 6.07) is -0.317. The van der Waals surface area contributed by atoms with Gasteiger partial charge in [-0.15, -0.1) is 0 Å². The Kier molecular flexibility index (Phi) is 2.52. The topological polar surface area (TPSA) is 66.8 Å². The molecule has 4 atom stereocenters. The van der Waals surface area contributed by atoms with Gasteiger partial charge in [0, 0.05) is 12.5 Å². The molecule has 5 nitrogen and oxygen atoms in total. The van der Waals surface area contributed by atoms with Crippen molar-refractivity contribution in [2.24, 2.45) is 5.92 Å². The molecule has 5 heteroatoms. The highest BCUT2D eigenvalue weighted by molar-refractivity contribution is 6.01. The molecule has 0 aromatic rings. The number of piperidine rings is 1. The van der Waals surface area contributed by atoms with Crippen LogP contribution in [0.15, 0.2) is 0 Å². The number of hydrogen-bond acceptors (Lipinski definition) is 5. The number of esters is 1. The molecule has 0 saturated carbocycles. The highest BCUT2D eigenvalue weighted by Gasteiger charge is 2.53. The first-order valence-corrected chi connectivity index (χ1v) is 5.06. The van der Waals surface area contributed by atoms with E-state index in [1.807, 2.05) is 11.9 Å². The van der Waals surface area contributed by atoms with E-state index in [-0.39, 0.29) is 11.8 Å². The number of carbonyl (C=O) groups excluding carboxylic acids is 2. The second kappa shape index (κ2) is 3.57. The minimum absolute atomic E-state index is 0.0819. The summed E-state index contributed by atoms with van der Waals surface area (Å²) >= 11 is 0. The predicted octanol–water partition coefficient (Wildman–Crippen LogP) is -0.818. The highest BCUT2D eigenvalue weighted by atomic mass is 16.5. The molecule has 0 aliphatic carbocycles. The molecule has 0 amide bonds. The number of methoxy groups -OCH3 is 1. The fraction of sp³-hybridized carbons (Fsp3) is 0.800. The predicted molar refractivity (Wildman–Crippen MR) is 51.1 cm³/mol. The van der Waals surface area contributed by atoms with E-state index in [9.17, 15) is 14.7 Å². The molecule has 2 heterocycles. The first-order valence-electron chi connectivity index (χ1n) is 5.06. The summed E-state index contributed by atoms with van der Waals surface area (Å²) in [7, 11) is 3.11. The van der Waals surface area contributed by atoms with Crippen LogP contribution in [0.25, 0.3) is 0 Å². The van der Waals surface area contributed by atoms with Crippen molar-refractivity contribution < 1.29 is 19.4 Å². The Morgan fingerprint density at radius 1 is 1.60 bits per heavy atom. The van der Waals surface area contributed by atoms with E-state index in [0.29, 0.717) is 12.8 Å². The van der Waals surface area contributed by atoms with Crippen LogP contribution in [0.2, 0.25) is 0 Å². The van der Waals surface area contributed by atoms with Gasteiger partial charge in [-0.1, -0.05) is 0 Å². The van der Waals surface area contributed by atoms with E-state index in [2.05, 4.69) is 4.74 Å². The lowest BCUT2D eigenvalue weighted by Crippen LogP contribution is -2.52. The average molecular weight is 213 g/mol. The highest BCUT2D eigenvalue weighted by Crippen LogP contribution is 2.36. The lowest BCUT2D eigenvalue weighted by molar-refractivity contribution is -0.155. The maximum atomic E-state index is 11.7. The third kappa shape index (κ3) is 1.46. The summed E-state index contributed by atoms with van der Waals surface area (Å²) in [5.41, 5.74) is 0. The van der Waals surface area contributed by atoms with Gasteiger partial charge in [-0.3, -0.25) is 14.5 Å². The van der Waals surface area contributed by atoms with Crippen LogP contribution >= 0.6 is 0 Å². The second-order valence-electron chi connectivity index (χ2n) is 4.28. The SMILES string of the molecule is COC(=O)[C@H]1C(=O)CC2C[C@@H](O)C1N2C. The number of likely N-dealkylation sites (N-methyl/N-ethyl adjacent to an activating group) is 1. The molecule has 84 valence electrons. The van der Waals surface area contributed by atoms with Crippen molar-refractivity contribution in [2.45, 2.75) is 31.0 Å². The van der Waals surface area contributed by atoms with Gasteiger partial charge in [0.25, 0.3) is 0 Å². The molecule has 2 rings (SSSR count). The number of nitrogens with zero attached hydrogens (tertiary/aromatic N) is 1. The van der Waals surface area contributed by atoms with Gasteiger partial charge in [0.1, 0.15) is 11.7 Å². The van der Waals surface area contributed by atoms with Gasteiger partial charge in [-0.05, 0) is 13.5 Å². The van der Waals surface area contributed by atoms with Crippen LogP contribution < -0.4 is 0 Å². The Morgan fingerprint density at radius 2 is 2.27 bits per heavy atom. The zero-order chi connectivity index (χ0) is 11.2. The number of ether oxygens (including phenoxy) is 1. The monoisotopic (exact) mass is 213 g/mol. The molecule has 1 N–H and O–H groups in total. The van der Waals surface area contributed by atoms with Gasteiger partial charge in [0.2, 0.25) is 0 Å². The van der Waals surface area contributed by atoms with Crippen molar-refractivity contribution >= 4 is 11.8 Å². The van der Waals surface area contributed by atoms with Crippen molar-refractivity contribution in [2.75, 3.05) is 14.2 Å². The minimum atomic E-state index is -0.811. The summed E-state index contributed by atoms with van der Waals surface area (Å²) in [6.07, 6.45) is 0.306. The second-order valence-corrected chi connectivity index (χ2v) is 4.28. The molecule has 2 bridgehead atoms. The molecular formula is C10H15NO4. The third-order valence-electron chi connectivity index (χ3n) is 3.53. The van der Waals surface area contributed by atoms with Crippen molar-refractivity contribution in [3.63, 3.8) is 0 Å². The summed E-state index contributed by atoms with van der Waals surface area (Å²) in [6.45, 7) is 0.